The Kier molecular flexibility index (Phi) is 5.91. The van der Waals surface area contributed by atoms with Crippen LogP contribution in [-0.4, -0.2) is 23.9 Å². The van der Waals surface area contributed by atoms with Gasteiger partial charge < -0.3 is 9.84 Å². The van der Waals surface area contributed by atoms with E-state index < -0.39 is 0 Å². The van der Waals surface area contributed by atoms with E-state index in [2.05, 4.69) is 30.8 Å². The fraction of sp³-hybridized carbons (Fsp3) is 0.619. The molecule has 0 bridgehead atoms. The van der Waals surface area contributed by atoms with Gasteiger partial charge in [-0.3, -0.25) is 0 Å². The quantitative estimate of drug-likeness (QED) is 0.804. The van der Waals surface area contributed by atoms with Gasteiger partial charge in [0.1, 0.15) is 0 Å². The molecule has 0 radical (unpaired) electrons. The van der Waals surface area contributed by atoms with Gasteiger partial charge in [0.15, 0.2) is 0 Å². The third kappa shape index (κ3) is 4.68. The average Bonchev–Trinajstić information content (AvgIpc) is 2.62. The van der Waals surface area contributed by atoms with Gasteiger partial charge in [-0.2, -0.15) is 0 Å². The van der Waals surface area contributed by atoms with Gasteiger partial charge in [0.25, 0.3) is 0 Å². The maximum atomic E-state index is 9.58. The number of ether oxygens (including phenoxy) is 1. The van der Waals surface area contributed by atoms with Crippen LogP contribution in [0.25, 0.3) is 0 Å². The first-order valence-corrected chi connectivity index (χ1v) is 9.25. The molecule has 1 aliphatic heterocycles. The minimum atomic E-state index is -0.0380. The Balaban J connectivity index is 1.46. The van der Waals surface area contributed by atoms with Crippen molar-refractivity contribution in [3.8, 4) is 0 Å². The van der Waals surface area contributed by atoms with Gasteiger partial charge in [-0.25, -0.2) is 0 Å². The van der Waals surface area contributed by atoms with E-state index in [1.54, 1.807) is 0 Å². The van der Waals surface area contributed by atoms with Crippen LogP contribution in [0.4, 0.5) is 0 Å². The standard InChI is InChI=1S/C21H30O2/c1-2-21-14-11-19(15-23-21)18-9-5-16(6-10-18)3-4-17-7-12-20(22)13-8-17/h2,5-6,9-10,17,19-22H,1,3-4,7-8,11-15H2. The molecule has 1 aliphatic carbocycles. The molecular weight excluding hydrogens is 284 g/mol. The molecular formula is C21H30O2. The van der Waals surface area contributed by atoms with Crippen molar-refractivity contribution in [3.05, 3.63) is 48.0 Å². The molecule has 2 heteroatoms. The summed E-state index contributed by atoms with van der Waals surface area (Å²) in [6, 6.07) is 9.18. The molecule has 2 fully saturated rings. The molecule has 0 amide bonds. The van der Waals surface area contributed by atoms with Crippen LogP contribution in [0.15, 0.2) is 36.9 Å². The van der Waals surface area contributed by atoms with E-state index >= 15 is 0 Å². The predicted octanol–water partition coefficient (Wildman–Crippen LogP) is 4.62. The molecule has 1 saturated carbocycles. The van der Waals surface area contributed by atoms with Crippen LogP contribution in [0, 0.1) is 5.92 Å². The van der Waals surface area contributed by atoms with Crippen LogP contribution >= 0.6 is 0 Å². The Morgan fingerprint density at radius 1 is 1.04 bits per heavy atom. The van der Waals surface area contributed by atoms with Gasteiger partial charge in [-0.1, -0.05) is 30.3 Å². The molecule has 126 valence electrons. The fourth-order valence-electron chi connectivity index (χ4n) is 3.98. The SMILES string of the molecule is C=CC1CCC(c2ccc(CCC3CCC(O)CC3)cc2)CO1. The third-order valence-electron chi connectivity index (χ3n) is 5.68. The normalized spacial score (nSPS) is 31.7. The van der Waals surface area contributed by atoms with Gasteiger partial charge in [-0.05, 0) is 68.4 Å². The van der Waals surface area contributed by atoms with Crippen LogP contribution in [0.5, 0.6) is 0 Å². The van der Waals surface area contributed by atoms with Crippen LogP contribution in [0.1, 0.15) is 62.0 Å². The first kappa shape index (κ1) is 16.7. The van der Waals surface area contributed by atoms with Crippen molar-refractivity contribution in [2.75, 3.05) is 6.61 Å². The summed E-state index contributed by atoms with van der Waals surface area (Å²) in [5, 5.41) is 9.58. The number of aryl methyl sites for hydroxylation is 1. The molecule has 0 aromatic heterocycles. The Morgan fingerprint density at radius 3 is 2.39 bits per heavy atom. The highest BCUT2D eigenvalue weighted by molar-refractivity contribution is 5.26. The number of rotatable bonds is 5. The summed E-state index contributed by atoms with van der Waals surface area (Å²) in [5.41, 5.74) is 2.86. The Bertz CT molecular complexity index is 477. The molecule has 1 heterocycles. The minimum Gasteiger partial charge on any atom is -0.393 e. The minimum absolute atomic E-state index is 0.0380. The van der Waals surface area contributed by atoms with Gasteiger partial charge in [-0.15, -0.1) is 6.58 Å². The van der Waals surface area contributed by atoms with Crippen molar-refractivity contribution < 1.29 is 9.84 Å². The Hall–Kier alpha value is -1.12. The zero-order valence-corrected chi connectivity index (χ0v) is 14.1. The number of aliphatic hydroxyl groups excluding tert-OH is 1. The van der Waals surface area contributed by atoms with Crippen molar-refractivity contribution in [1.82, 2.24) is 0 Å². The lowest BCUT2D eigenvalue weighted by Crippen LogP contribution is -2.22. The van der Waals surface area contributed by atoms with Crippen molar-refractivity contribution in [1.29, 1.82) is 0 Å². The number of benzene rings is 1. The van der Waals surface area contributed by atoms with Crippen molar-refractivity contribution in [2.45, 2.75) is 69.5 Å². The number of aliphatic hydroxyl groups is 1. The first-order chi connectivity index (χ1) is 11.2. The lowest BCUT2D eigenvalue weighted by Gasteiger charge is -2.27. The number of hydrogen-bond donors (Lipinski definition) is 1. The Morgan fingerprint density at radius 2 is 1.78 bits per heavy atom. The predicted molar refractivity (Wildman–Crippen MR) is 94.6 cm³/mol. The zero-order valence-electron chi connectivity index (χ0n) is 14.1. The monoisotopic (exact) mass is 314 g/mol. The van der Waals surface area contributed by atoms with Crippen LogP contribution in [-0.2, 0) is 11.2 Å². The second-order valence-corrected chi connectivity index (χ2v) is 7.34. The molecule has 1 aromatic rings. The van der Waals surface area contributed by atoms with E-state index in [0.29, 0.717) is 5.92 Å². The molecule has 23 heavy (non-hydrogen) atoms. The highest BCUT2D eigenvalue weighted by atomic mass is 16.5. The van der Waals surface area contributed by atoms with Gasteiger partial charge in [0, 0.05) is 5.92 Å². The van der Waals surface area contributed by atoms with Crippen LogP contribution in [0.2, 0.25) is 0 Å². The molecule has 2 nitrogen and oxygen atoms in total. The lowest BCUT2D eigenvalue weighted by molar-refractivity contribution is 0.0329. The first-order valence-electron chi connectivity index (χ1n) is 9.25. The molecule has 3 rings (SSSR count). The Labute approximate surface area is 140 Å². The second-order valence-electron chi connectivity index (χ2n) is 7.34. The van der Waals surface area contributed by atoms with E-state index in [9.17, 15) is 5.11 Å². The molecule has 2 aliphatic rings. The molecule has 0 spiro atoms. The van der Waals surface area contributed by atoms with E-state index in [-0.39, 0.29) is 12.2 Å². The molecule has 1 aromatic carbocycles. The maximum Gasteiger partial charge on any atom is 0.0753 e. The van der Waals surface area contributed by atoms with E-state index in [1.807, 2.05) is 6.08 Å². The van der Waals surface area contributed by atoms with E-state index in [1.165, 1.54) is 43.2 Å². The number of hydrogen-bond acceptors (Lipinski definition) is 2. The average molecular weight is 314 g/mol. The van der Waals surface area contributed by atoms with E-state index in [0.717, 1.165) is 31.8 Å². The topological polar surface area (TPSA) is 29.5 Å². The smallest absolute Gasteiger partial charge is 0.0753 e. The maximum absolute atomic E-state index is 9.58. The largest absolute Gasteiger partial charge is 0.393 e. The van der Waals surface area contributed by atoms with Crippen molar-refractivity contribution in [3.63, 3.8) is 0 Å². The molecule has 2 atom stereocenters. The fourth-order valence-corrected chi connectivity index (χ4v) is 3.98. The van der Waals surface area contributed by atoms with Crippen LogP contribution in [0.3, 0.4) is 0 Å². The highest BCUT2D eigenvalue weighted by Gasteiger charge is 2.21. The summed E-state index contributed by atoms with van der Waals surface area (Å²) in [4.78, 5) is 0. The lowest BCUT2D eigenvalue weighted by atomic mass is 9.83. The van der Waals surface area contributed by atoms with Gasteiger partial charge in [0.05, 0.1) is 18.8 Å². The molecule has 1 saturated heterocycles. The molecule has 1 N–H and O–H groups in total. The zero-order chi connectivity index (χ0) is 16.1. The second kappa shape index (κ2) is 8.12. The van der Waals surface area contributed by atoms with Gasteiger partial charge >= 0.3 is 0 Å². The van der Waals surface area contributed by atoms with Crippen molar-refractivity contribution >= 4 is 0 Å². The summed E-state index contributed by atoms with van der Waals surface area (Å²) < 4.78 is 5.82. The van der Waals surface area contributed by atoms with E-state index in [4.69, 9.17) is 4.74 Å². The third-order valence-corrected chi connectivity index (χ3v) is 5.68. The summed E-state index contributed by atoms with van der Waals surface area (Å²) in [6.07, 6.45) is 11.2. The summed E-state index contributed by atoms with van der Waals surface area (Å²) >= 11 is 0. The molecule has 2 unspecified atom stereocenters. The van der Waals surface area contributed by atoms with Crippen molar-refractivity contribution in [2.24, 2.45) is 5.92 Å². The summed E-state index contributed by atoms with van der Waals surface area (Å²) in [6.45, 7) is 4.64. The summed E-state index contributed by atoms with van der Waals surface area (Å²) in [5.74, 6) is 1.35. The summed E-state index contributed by atoms with van der Waals surface area (Å²) in [7, 11) is 0. The highest BCUT2D eigenvalue weighted by Crippen LogP contribution is 2.30. The van der Waals surface area contributed by atoms with Crippen LogP contribution < -0.4 is 0 Å². The van der Waals surface area contributed by atoms with Gasteiger partial charge in [0.2, 0.25) is 0 Å².